The number of nitrogens with zero attached hydrogens (tertiary/aromatic N) is 3. The van der Waals surface area contributed by atoms with Crippen molar-refractivity contribution < 1.29 is 19.4 Å². The number of para-hydroxylation sites is 1. The average molecular weight is 476 g/mol. The molecule has 2 heterocycles. The first-order valence-corrected chi connectivity index (χ1v) is 12.0. The molecule has 0 saturated carbocycles. The van der Waals surface area contributed by atoms with Crippen LogP contribution in [0.3, 0.4) is 0 Å². The molecular formula is C28H33N3O4. The lowest BCUT2D eigenvalue weighted by Gasteiger charge is -2.26. The lowest BCUT2D eigenvalue weighted by molar-refractivity contribution is -0.140. The lowest BCUT2D eigenvalue weighted by atomic mass is 9.94. The van der Waals surface area contributed by atoms with E-state index < -0.39 is 17.7 Å². The number of likely N-dealkylation sites (N-methyl/N-ethyl adjacent to an activating group) is 1. The summed E-state index contributed by atoms with van der Waals surface area (Å²) in [5.41, 5.74) is 3.27. The second kappa shape index (κ2) is 9.96. The Kier molecular flexibility index (Phi) is 6.98. The summed E-state index contributed by atoms with van der Waals surface area (Å²) in [5, 5.41) is 12.4. The summed E-state index contributed by atoms with van der Waals surface area (Å²) in [6.45, 7) is 5.50. The van der Waals surface area contributed by atoms with E-state index in [2.05, 4.69) is 0 Å². The van der Waals surface area contributed by atoms with Crippen LogP contribution in [-0.4, -0.2) is 65.0 Å². The molecule has 2 aromatic carbocycles. The molecule has 184 valence electrons. The number of likely N-dealkylation sites (tertiary alicyclic amines) is 1. The van der Waals surface area contributed by atoms with Crippen molar-refractivity contribution in [2.24, 2.45) is 7.05 Å². The molecule has 7 nitrogen and oxygen atoms in total. The predicted octanol–water partition coefficient (Wildman–Crippen LogP) is 4.26. The molecule has 3 aromatic rings. The Balaban J connectivity index is 1.87. The van der Waals surface area contributed by atoms with Crippen LogP contribution >= 0.6 is 0 Å². The maximum atomic E-state index is 13.3. The Morgan fingerprint density at radius 2 is 1.89 bits per heavy atom. The van der Waals surface area contributed by atoms with Gasteiger partial charge in [0.25, 0.3) is 11.7 Å². The third kappa shape index (κ3) is 4.56. The van der Waals surface area contributed by atoms with E-state index in [1.807, 2.05) is 74.9 Å². The first-order valence-electron chi connectivity index (χ1n) is 12.0. The molecule has 0 spiro atoms. The number of fused-ring (bicyclic) bond motifs is 1. The van der Waals surface area contributed by atoms with E-state index >= 15 is 0 Å². The highest BCUT2D eigenvalue weighted by atomic mass is 16.5. The van der Waals surface area contributed by atoms with Gasteiger partial charge in [0.2, 0.25) is 0 Å². The van der Waals surface area contributed by atoms with Crippen molar-refractivity contribution in [2.45, 2.75) is 26.3 Å². The highest BCUT2D eigenvalue weighted by Crippen LogP contribution is 2.42. The lowest BCUT2D eigenvalue weighted by Crippen LogP contribution is -2.35. The minimum atomic E-state index is -0.683. The predicted molar refractivity (Wildman–Crippen MR) is 137 cm³/mol. The summed E-state index contributed by atoms with van der Waals surface area (Å²) in [7, 11) is 5.79. The molecule has 1 fully saturated rings. The fraction of sp³-hybridized carbons (Fsp3) is 0.357. The molecule has 7 heteroatoms. The van der Waals surface area contributed by atoms with Crippen LogP contribution in [0.2, 0.25) is 0 Å². The monoisotopic (exact) mass is 475 g/mol. The van der Waals surface area contributed by atoms with Crippen molar-refractivity contribution in [2.75, 3.05) is 33.8 Å². The van der Waals surface area contributed by atoms with E-state index in [0.717, 1.165) is 34.2 Å². The van der Waals surface area contributed by atoms with Crippen LogP contribution in [-0.2, 0) is 16.6 Å². The molecular weight excluding hydrogens is 442 g/mol. The van der Waals surface area contributed by atoms with Gasteiger partial charge in [-0.05, 0) is 57.3 Å². The highest BCUT2D eigenvalue weighted by Gasteiger charge is 2.46. The molecule has 0 aliphatic carbocycles. The van der Waals surface area contributed by atoms with E-state index in [0.29, 0.717) is 25.3 Å². The van der Waals surface area contributed by atoms with Crippen molar-refractivity contribution in [3.8, 4) is 5.75 Å². The van der Waals surface area contributed by atoms with E-state index in [-0.39, 0.29) is 11.3 Å². The molecule has 0 bridgehead atoms. The van der Waals surface area contributed by atoms with Gasteiger partial charge in [0.1, 0.15) is 11.5 Å². The maximum Gasteiger partial charge on any atom is 0.295 e. The van der Waals surface area contributed by atoms with Gasteiger partial charge in [0.05, 0.1) is 18.2 Å². The molecule has 1 N–H and O–H groups in total. The fourth-order valence-corrected chi connectivity index (χ4v) is 4.66. The van der Waals surface area contributed by atoms with Gasteiger partial charge in [-0.25, -0.2) is 0 Å². The van der Waals surface area contributed by atoms with Gasteiger partial charge in [0.15, 0.2) is 0 Å². The molecule has 1 aromatic heterocycles. The maximum absolute atomic E-state index is 13.3. The van der Waals surface area contributed by atoms with E-state index in [4.69, 9.17) is 4.74 Å². The molecule has 4 rings (SSSR count). The van der Waals surface area contributed by atoms with Gasteiger partial charge in [-0.1, -0.05) is 25.1 Å². The quantitative estimate of drug-likeness (QED) is 0.299. The average Bonchev–Trinajstić information content (AvgIpc) is 3.30. The number of amides is 1. The number of aliphatic hydroxyl groups excluding tert-OH is 1. The first kappa shape index (κ1) is 24.5. The number of ether oxygens (including phenoxy) is 1. The minimum Gasteiger partial charge on any atom is -0.507 e. The Morgan fingerprint density at radius 1 is 1.14 bits per heavy atom. The van der Waals surface area contributed by atoms with Gasteiger partial charge in [0, 0.05) is 48.4 Å². The number of ketones is 1. The van der Waals surface area contributed by atoms with Crippen molar-refractivity contribution >= 4 is 28.4 Å². The standard InChI is InChI=1S/C28H33N3O4/c1-6-15-35-23-12-11-19(16-18(23)2)26(32)24-25(31(14-13-29(3)4)28(34)27(24)33)21-17-30(5)22-10-8-7-9-20(21)22/h7-12,16-17,25,32H,6,13-15H2,1-5H3/b26-24+. The van der Waals surface area contributed by atoms with Crippen LogP contribution in [0.25, 0.3) is 16.7 Å². The number of hydrogen-bond donors (Lipinski definition) is 1. The number of carbonyl (C=O) groups excluding carboxylic acids is 2. The molecule has 1 atom stereocenters. The van der Waals surface area contributed by atoms with Crippen molar-refractivity contribution in [3.63, 3.8) is 0 Å². The highest BCUT2D eigenvalue weighted by molar-refractivity contribution is 6.46. The van der Waals surface area contributed by atoms with E-state index in [9.17, 15) is 14.7 Å². The molecule has 35 heavy (non-hydrogen) atoms. The Hall–Kier alpha value is -3.58. The molecule has 1 unspecified atom stereocenters. The van der Waals surface area contributed by atoms with Crippen molar-refractivity contribution in [1.29, 1.82) is 0 Å². The number of rotatable bonds is 8. The first-order chi connectivity index (χ1) is 16.7. The van der Waals surface area contributed by atoms with Crippen LogP contribution in [0.5, 0.6) is 5.75 Å². The van der Waals surface area contributed by atoms with Crippen molar-refractivity contribution in [1.82, 2.24) is 14.4 Å². The number of aryl methyl sites for hydroxylation is 2. The summed E-state index contributed by atoms with van der Waals surface area (Å²) in [6.07, 6.45) is 2.84. The Labute approximate surface area is 206 Å². The zero-order chi connectivity index (χ0) is 25.3. The summed E-state index contributed by atoms with van der Waals surface area (Å²) in [4.78, 5) is 30.1. The summed E-state index contributed by atoms with van der Waals surface area (Å²) in [5.74, 6) is -0.687. The second-order valence-electron chi connectivity index (χ2n) is 9.34. The van der Waals surface area contributed by atoms with Gasteiger partial charge in [-0.15, -0.1) is 0 Å². The SMILES string of the molecule is CCCOc1ccc(/C(O)=C2\C(=O)C(=O)N(CCN(C)C)C2c2cn(C)c3ccccc23)cc1C. The van der Waals surface area contributed by atoms with Gasteiger partial charge < -0.3 is 24.2 Å². The number of benzene rings is 2. The summed E-state index contributed by atoms with van der Waals surface area (Å²) >= 11 is 0. The molecule has 1 amide bonds. The van der Waals surface area contributed by atoms with Crippen molar-refractivity contribution in [3.05, 3.63) is 70.9 Å². The van der Waals surface area contributed by atoms with Crippen LogP contribution in [0.4, 0.5) is 0 Å². The zero-order valence-corrected chi connectivity index (χ0v) is 21.0. The van der Waals surface area contributed by atoms with Crippen LogP contribution < -0.4 is 4.74 Å². The number of aliphatic hydroxyl groups is 1. The largest absolute Gasteiger partial charge is 0.507 e. The summed E-state index contributed by atoms with van der Waals surface area (Å²) in [6, 6.07) is 12.5. The molecule has 1 saturated heterocycles. The normalized spacial score (nSPS) is 17.7. The Morgan fingerprint density at radius 3 is 2.57 bits per heavy atom. The second-order valence-corrected chi connectivity index (χ2v) is 9.34. The topological polar surface area (TPSA) is 75.0 Å². The zero-order valence-electron chi connectivity index (χ0n) is 21.0. The molecule has 0 radical (unpaired) electrons. The number of aromatic nitrogens is 1. The number of carbonyl (C=O) groups is 2. The minimum absolute atomic E-state index is 0.117. The van der Waals surface area contributed by atoms with Crippen LogP contribution in [0.1, 0.15) is 36.1 Å². The van der Waals surface area contributed by atoms with Crippen LogP contribution in [0, 0.1) is 6.92 Å². The number of Topliss-reactive ketones (excluding diaryl/α,β-unsaturated/α-hetero) is 1. The molecule has 1 aliphatic heterocycles. The smallest absolute Gasteiger partial charge is 0.295 e. The van der Waals surface area contributed by atoms with Gasteiger partial charge >= 0.3 is 0 Å². The third-order valence-electron chi connectivity index (χ3n) is 6.46. The number of hydrogen-bond acceptors (Lipinski definition) is 5. The third-order valence-corrected chi connectivity index (χ3v) is 6.46. The van der Waals surface area contributed by atoms with Gasteiger partial charge in [-0.3, -0.25) is 9.59 Å². The van der Waals surface area contributed by atoms with Gasteiger partial charge in [-0.2, -0.15) is 0 Å². The van der Waals surface area contributed by atoms with E-state index in [1.165, 1.54) is 0 Å². The molecule has 1 aliphatic rings. The van der Waals surface area contributed by atoms with E-state index in [1.54, 1.807) is 23.1 Å². The Bertz CT molecular complexity index is 1300. The summed E-state index contributed by atoms with van der Waals surface area (Å²) < 4.78 is 7.75. The fourth-order valence-electron chi connectivity index (χ4n) is 4.66. The van der Waals surface area contributed by atoms with Crippen LogP contribution in [0.15, 0.2) is 54.2 Å².